The summed E-state index contributed by atoms with van der Waals surface area (Å²) >= 11 is 0. The Balaban J connectivity index is 1.82. The smallest absolute Gasteiger partial charge is 0.256 e. The molecule has 1 amide bonds. The zero-order valence-corrected chi connectivity index (χ0v) is 13.0. The van der Waals surface area contributed by atoms with Crippen molar-refractivity contribution in [2.75, 3.05) is 12.4 Å². The largest absolute Gasteiger partial charge is 0.497 e. The van der Waals surface area contributed by atoms with Crippen LogP contribution in [-0.2, 0) is 7.05 Å². The van der Waals surface area contributed by atoms with E-state index >= 15 is 0 Å². The summed E-state index contributed by atoms with van der Waals surface area (Å²) in [5.41, 5.74) is 2.36. The molecule has 1 heterocycles. The predicted molar refractivity (Wildman–Crippen MR) is 89.6 cm³/mol. The molecule has 1 N–H and O–H groups in total. The molecule has 1 aromatic heterocycles. The van der Waals surface area contributed by atoms with Crippen LogP contribution in [0.15, 0.2) is 60.7 Å². The van der Waals surface area contributed by atoms with Gasteiger partial charge in [-0.2, -0.15) is 5.10 Å². The lowest BCUT2D eigenvalue weighted by Gasteiger charge is -2.04. The second-order valence-corrected chi connectivity index (χ2v) is 5.09. The van der Waals surface area contributed by atoms with Gasteiger partial charge in [0.15, 0.2) is 0 Å². The molecule has 0 bridgehead atoms. The van der Waals surface area contributed by atoms with Crippen LogP contribution in [-0.4, -0.2) is 22.8 Å². The van der Waals surface area contributed by atoms with Gasteiger partial charge in [-0.15, -0.1) is 0 Å². The van der Waals surface area contributed by atoms with Gasteiger partial charge in [-0.05, 0) is 36.4 Å². The number of aryl methyl sites for hydroxylation is 1. The van der Waals surface area contributed by atoms with Gasteiger partial charge in [-0.25, -0.2) is 0 Å². The highest BCUT2D eigenvalue weighted by molar-refractivity contribution is 6.04. The quantitative estimate of drug-likeness (QED) is 0.804. The Labute approximate surface area is 134 Å². The molecule has 0 atom stereocenters. The third-order valence-corrected chi connectivity index (χ3v) is 3.54. The normalized spacial score (nSPS) is 10.3. The fourth-order valence-electron chi connectivity index (χ4n) is 2.27. The highest BCUT2D eigenvalue weighted by Gasteiger charge is 2.11. The molecule has 3 aromatic rings. The van der Waals surface area contributed by atoms with Gasteiger partial charge in [0.1, 0.15) is 11.6 Å². The van der Waals surface area contributed by atoms with E-state index in [0.717, 1.165) is 17.0 Å². The summed E-state index contributed by atoms with van der Waals surface area (Å²) in [6.07, 6.45) is 0. The number of benzene rings is 2. The number of nitrogens with zero attached hydrogens (tertiary/aromatic N) is 2. The maximum Gasteiger partial charge on any atom is 0.256 e. The molecule has 3 rings (SSSR count). The summed E-state index contributed by atoms with van der Waals surface area (Å²) in [5, 5.41) is 7.32. The van der Waals surface area contributed by atoms with E-state index < -0.39 is 0 Å². The number of hydrogen-bond donors (Lipinski definition) is 1. The van der Waals surface area contributed by atoms with Crippen LogP contribution in [0.2, 0.25) is 0 Å². The van der Waals surface area contributed by atoms with Crippen LogP contribution >= 0.6 is 0 Å². The van der Waals surface area contributed by atoms with Crippen molar-refractivity contribution in [2.45, 2.75) is 0 Å². The molecule has 23 heavy (non-hydrogen) atoms. The molecule has 0 aliphatic rings. The average molecular weight is 307 g/mol. The number of carbonyl (C=O) groups excluding carboxylic acids is 1. The number of rotatable bonds is 4. The number of carbonyl (C=O) groups is 1. The van der Waals surface area contributed by atoms with Crippen molar-refractivity contribution in [3.63, 3.8) is 0 Å². The average Bonchev–Trinajstić information content (AvgIpc) is 2.96. The van der Waals surface area contributed by atoms with Gasteiger partial charge in [0.25, 0.3) is 5.91 Å². The van der Waals surface area contributed by atoms with Crippen LogP contribution in [0, 0.1) is 0 Å². The zero-order valence-electron chi connectivity index (χ0n) is 13.0. The molecule has 0 aliphatic heterocycles. The van der Waals surface area contributed by atoms with Crippen molar-refractivity contribution in [3.8, 4) is 17.0 Å². The Bertz CT molecular complexity index is 808. The maximum atomic E-state index is 12.2. The number of amides is 1. The number of methoxy groups -OCH3 is 1. The van der Waals surface area contributed by atoms with E-state index in [1.807, 2.05) is 48.5 Å². The number of ether oxygens (including phenoxy) is 1. The van der Waals surface area contributed by atoms with Crippen LogP contribution in [0.4, 0.5) is 5.82 Å². The zero-order chi connectivity index (χ0) is 16.2. The van der Waals surface area contributed by atoms with Crippen LogP contribution in [0.1, 0.15) is 10.4 Å². The van der Waals surface area contributed by atoms with E-state index in [9.17, 15) is 4.79 Å². The van der Waals surface area contributed by atoms with Crippen LogP contribution in [0.5, 0.6) is 5.75 Å². The third-order valence-electron chi connectivity index (χ3n) is 3.54. The minimum atomic E-state index is -0.158. The number of aromatic nitrogens is 2. The Hall–Kier alpha value is -3.08. The summed E-state index contributed by atoms with van der Waals surface area (Å²) in [6.45, 7) is 0. The highest BCUT2D eigenvalue weighted by Crippen LogP contribution is 2.24. The second-order valence-electron chi connectivity index (χ2n) is 5.09. The van der Waals surface area contributed by atoms with Crippen molar-refractivity contribution in [1.29, 1.82) is 0 Å². The molecule has 0 fully saturated rings. The van der Waals surface area contributed by atoms with Crippen molar-refractivity contribution in [3.05, 3.63) is 66.2 Å². The molecule has 5 heteroatoms. The lowest BCUT2D eigenvalue weighted by molar-refractivity contribution is 0.102. The first kappa shape index (κ1) is 14.8. The monoisotopic (exact) mass is 307 g/mol. The molecule has 0 radical (unpaired) electrons. The van der Waals surface area contributed by atoms with Crippen LogP contribution < -0.4 is 10.1 Å². The Morgan fingerprint density at radius 1 is 1.09 bits per heavy atom. The van der Waals surface area contributed by atoms with Crippen LogP contribution in [0.3, 0.4) is 0 Å². The molecule has 0 saturated heterocycles. The number of hydrogen-bond acceptors (Lipinski definition) is 3. The predicted octanol–water partition coefficient (Wildman–Crippen LogP) is 3.35. The molecule has 0 spiro atoms. The summed E-state index contributed by atoms with van der Waals surface area (Å²) in [5.74, 6) is 1.28. The summed E-state index contributed by atoms with van der Waals surface area (Å²) in [6, 6.07) is 18.6. The van der Waals surface area contributed by atoms with Crippen molar-refractivity contribution in [1.82, 2.24) is 9.78 Å². The summed E-state index contributed by atoms with van der Waals surface area (Å²) < 4.78 is 6.81. The molecule has 116 valence electrons. The van der Waals surface area contributed by atoms with Gasteiger partial charge in [-0.1, -0.05) is 18.2 Å². The molecular weight excluding hydrogens is 290 g/mol. The first-order chi connectivity index (χ1) is 11.2. The molecular formula is C18H17N3O2. The van der Waals surface area contributed by atoms with Gasteiger partial charge < -0.3 is 10.1 Å². The first-order valence-corrected chi connectivity index (χ1v) is 7.22. The lowest BCUT2D eigenvalue weighted by atomic mass is 10.1. The van der Waals surface area contributed by atoms with E-state index in [1.165, 1.54) is 0 Å². The number of anilines is 1. The second kappa shape index (κ2) is 6.36. The molecule has 2 aromatic carbocycles. The molecule has 5 nitrogen and oxygen atoms in total. The first-order valence-electron chi connectivity index (χ1n) is 7.22. The summed E-state index contributed by atoms with van der Waals surface area (Å²) in [4.78, 5) is 12.2. The SMILES string of the molecule is COc1ccc(-c2cc(NC(=O)c3ccccc3)n(C)n2)cc1. The van der Waals surface area contributed by atoms with E-state index in [4.69, 9.17) is 4.74 Å². The van der Waals surface area contributed by atoms with Gasteiger partial charge in [0.2, 0.25) is 0 Å². The summed E-state index contributed by atoms with van der Waals surface area (Å²) in [7, 11) is 3.43. The lowest BCUT2D eigenvalue weighted by Crippen LogP contribution is -2.14. The van der Waals surface area contributed by atoms with Gasteiger partial charge in [0, 0.05) is 24.2 Å². The molecule has 0 aliphatic carbocycles. The van der Waals surface area contributed by atoms with Gasteiger partial charge in [0.05, 0.1) is 12.8 Å². The molecule has 0 saturated carbocycles. The highest BCUT2D eigenvalue weighted by atomic mass is 16.5. The van der Waals surface area contributed by atoms with E-state index in [2.05, 4.69) is 10.4 Å². The van der Waals surface area contributed by atoms with E-state index in [1.54, 1.807) is 31.0 Å². The van der Waals surface area contributed by atoms with Crippen molar-refractivity contribution in [2.24, 2.45) is 7.05 Å². The Morgan fingerprint density at radius 2 is 1.78 bits per heavy atom. The van der Waals surface area contributed by atoms with Gasteiger partial charge >= 0.3 is 0 Å². The Morgan fingerprint density at radius 3 is 2.43 bits per heavy atom. The van der Waals surface area contributed by atoms with E-state index in [-0.39, 0.29) is 5.91 Å². The fourth-order valence-corrected chi connectivity index (χ4v) is 2.27. The van der Waals surface area contributed by atoms with Crippen molar-refractivity contribution < 1.29 is 9.53 Å². The van der Waals surface area contributed by atoms with Crippen LogP contribution in [0.25, 0.3) is 11.3 Å². The fraction of sp³-hybridized carbons (Fsp3) is 0.111. The van der Waals surface area contributed by atoms with E-state index in [0.29, 0.717) is 11.4 Å². The maximum absolute atomic E-state index is 12.2. The number of nitrogens with one attached hydrogen (secondary N) is 1. The van der Waals surface area contributed by atoms with Gasteiger partial charge in [-0.3, -0.25) is 9.48 Å². The standard InChI is InChI=1S/C18H17N3O2/c1-21-17(19-18(22)14-6-4-3-5-7-14)12-16(20-21)13-8-10-15(23-2)11-9-13/h3-12H,1-2H3,(H,19,22). The minimum Gasteiger partial charge on any atom is -0.497 e. The van der Waals surface area contributed by atoms with Crippen molar-refractivity contribution >= 4 is 11.7 Å². The topological polar surface area (TPSA) is 56.1 Å². The third kappa shape index (κ3) is 3.23. The molecule has 0 unspecified atom stereocenters. The Kier molecular flexibility index (Phi) is 4.10. The minimum absolute atomic E-state index is 0.158.